The van der Waals surface area contributed by atoms with E-state index in [0.29, 0.717) is 25.3 Å². The standard InChI is InChI=1S/C24H32N4O4/c1-24(2,3)32-23(31)27-14-11-19(12-15-27)28-13-7-10-20(28)22(30)26-17-21(29)25-16-18-8-5-4-6-9-18/h4-10,13,19H,11-12,14-17H2,1-3H3,(H,25,29)(H,26,30). The summed E-state index contributed by atoms with van der Waals surface area (Å²) in [5.74, 6) is -0.537. The highest BCUT2D eigenvalue weighted by atomic mass is 16.6. The van der Waals surface area contributed by atoms with Crippen LogP contribution in [-0.4, -0.2) is 52.6 Å². The first-order valence-corrected chi connectivity index (χ1v) is 11.0. The molecule has 0 spiro atoms. The summed E-state index contributed by atoms with van der Waals surface area (Å²) in [4.78, 5) is 38.8. The summed E-state index contributed by atoms with van der Waals surface area (Å²) < 4.78 is 7.38. The van der Waals surface area contributed by atoms with Gasteiger partial charge in [0.05, 0.1) is 6.54 Å². The molecule has 2 heterocycles. The maximum absolute atomic E-state index is 12.7. The van der Waals surface area contributed by atoms with E-state index in [2.05, 4.69) is 10.6 Å². The quantitative estimate of drug-likeness (QED) is 0.722. The zero-order valence-electron chi connectivity index (χ0n) is 19.0. The van der Waals surface area contributed by atoms with Crippen molar-refractivity contribution in [2.75, 3.05) is 19.6 Å². The van der Waals surface area contributed by atoms with Crippen LogP contribution in [0.1, 0.15) is 55.7 Å². The number of piperidine rings is 1. The molecule has 2 aromatic rings. The lowest BCUT2D eigenvalue weighted by Crippen LogP contribution is -2.42. The van der Waals surface area contributed by atoms with Gasteiger partial charge in [0, 0.05) is 31.9 Å². The zero-order valence-corrected chi connectivity index (χ0v) is 19.0. The number of amides is 3. The Morgan fingerprint density at radius 2 is 1.69 bits per heavy atom. The monoisotopic (exact) mass is 440 g/mol. The van der Waals surface area contributed by atoms with Crippen molar-refractivity contribution in [1.82, 2.24) is 20.1 Å². The molecule has 1 saturated heterocycles. The number of carbonyl (C=O) groups is 3. The Labute approximate surface area is 188 Å². The van der Waals surface area contributed by atoms with Gasteiger partial charge < -0.3 is 24.8 Å². The lowest BCUT2D eigenvalue weighted by molar-refractivity contribution is -0.120. The summed E-state index contributed by atoms with van der Waals surface area (Å²) in [6.45, 7) is 7.02. The summed E-state index contributed by atoms with van der Waals surface area (Å²) in [5.41, 5.74) is 0.989. The second-order valence-corrected chi connectivity index (χ2v) is 8.94. The van der Waals surface area contributed by atoms with E-state index in [1.165, 1.54) is 0 Å². The summed E-state index contributed by atoms with van der Waals surface area (Å²) >= 11 is 0. The number of benzene rings is 1. The van der Waals surface area contributed by atoms with E-state index in [9.17, 15) is 14.4 Å². The molecule has 0 unspecified atom stereocenters. The Bertz CT molecular complexity index is 925. The molecule has 0 saturated carbocycles. The topological polar surface area (TPSA) is 92.7 Å². The van der Waals surface area contributed by atoms with Crippen LogP contribution in [0, 0.1) is 0 Å². The Balaban J connectivity index is 1.48. The second-order valence-electron chi connectivity index (χ2n) is 8.94. The lowest BCUT2D eigenvalue weighted by Gasteiger charge is -2.34. The molecule has 1 aliphatic heterocycles. The highest BCUT2D eigenvalue weighted by Gasteiger charge is 2.28. The minimum absolute atomic E-state index is 0.0893. The molecule has 0 bridgehead atoms. The normalized spacial score (nSPS) is 14.7. The number of rotatable bonds is 6. The number of nitrogens with one attached hydrogen (secondary N) is 2. The Kier molecular flexibility index (Phi) is 7.56. The van der Waals surface area contributed by atoms with Gasteiger partial charge in [0.1, 0.15) is 11.3 Å². The summed E-state index contributed by atoms with van der Waals surface area (Å²) in [7, 11) is 0. The molecule has 0 atom stereocenters. The van der Waals surface area contributed by atoms with Crippen molar-refractivity contribution in [3.63, 3.8) is 0 Å². The van der Waals surface area contributed by atoms with Crippen LogP contribution in [0.4, 0.5) is 4.79 Å². The number of hydrogen-bond donors (Lipinski definition) is 2. The van der Waals surface area contributed by atoms with Crippen molar-refractivity contribution in [3.8, 4) is 0 Å². The van der Waals surface area contributed by atoms with Gasteiger partial charge in [0.15, 0.2) is 0 Å². The molecule has 0 aliphatic carbocycles. The van der Waals surface area contributed by atoms with Gasteiger partial charge in [-0.15, -0.1) is 0 Å². The van der Waals surface area contributed by atoms with E-state index < -0.39 is 5.60 Å². The molecule has 1 aromatic carbocycles. The van der Waals surface area contributed by atoms with Gasteiger partial charge in [0.2, 0.25) is 5.91 Å². The maximum atomic E-state index is 12.7. The van der Waals surface area contributed by atoms with Crippen LogP contribution in [0.3, 0.4) is 0 Å². The van der Waals surface area contributed by atoms with Crippen LogP contribution >= 0.6 is 0 Å². The SMILES string of the molecule is CC(C)(C)OC(=O)N1CCC(n2cccc2C(=O)NCC(=O)NCc2ccccc2)CC1. The first-order chi connectivity index (χ1) is 15.2. The highest BCUT2D eigenvalue weighted by molar-refractivity contribution is 5.95. The molecule has 8 nitrogen and oxygen atoms in total. The van der Waals surface area contributed by atoms with E-state index in [0.717, 1.165) is 18.4 Å². The van der Waals surface area contributed by atoms with E-state index in [1.54, 1.807) is 11.0 Å². The minimum atomic E-state index is -0.521. The molecule has 1 aromatic heterocycles. The molecule has 3 rings (SSSR count). The first kappa shape index (κ1) is 23.4. The maximum Gasteiger partial charge on any atom is 0.410 e. The van der Waals surface area contributed by atoms with Crippen LogP contribution < -0.4 is 10.6 Å². The number of aromatic nitrogens is 1. The molecule has 3 amide bonds. The van der Waals surface area contributed by atoms with Crippen molar-refractivity contribution in [3.05, 3.63) is 59.9 Å². The molecule has 0 radical (unpaired) electrons. The van der Waals surface area contributed by atoms with E-state index in [-0.39, 0.29) is 30.5 Å². The molecular formula is C24H32N4O4. The molecule has 172 valence electrons. The third-order valence-corrected chi connectivity index (χ3v) is 5.26. The smallest absolute Gasteiger partial charge is 0.410 e. The van der Waals surface area contributed by atoms with Crippen molar-refractivity contribution in [1.29, 1.82) is 0 Å². The minimum Gasteiger partial charge on any atom is -0.444 e. The van der Waals surface area contributed by atoms with Crippen molar-refractivity contribution in [2.45, 2.75) is 51.8 Å². The van der Waals surface area contributed by atoms with Crippen LogP contribution in [0.25, 0.3) is 0 Å². The second kappa shape index (κ2) is 10.3. The van der Waals surface area contributed by atoms with Crippen LogP contribution in [0.15, 0.2) is 48.7 Å². The number of nitrogens with zero attached hydrogens (tertiary/aromatic N) is 2. The predicted octanol–water partition coefficient (Wildman–Crippen LogP) is 3.11. The lowest BCUT2D eigenvalue weighted by atomic mass is 10.0. The third kappa shape index (κ3) is 6.60. The fraction of sp³-hybridized carbons (Fsp3) is 0.458. The molecule has 8 heteroatoms. The van der Waals surface area contributed by atoms with E-state index in [4.69, 9.17) is 4.74 Å². The van der Waals surface area contributed by atoms with Crippen molar-refractivity contribution >= 4 is 17.9 Å². The molecule has 2 N–H and O–H groups in total. The fourth-order valence-corrected chi connectivity index (χ4v) is 3.67. The molecular weight excluding hydrogens is 408 g/mol. The van der Waals surface area contributed by atoms with Crippen molar-refractivity contribution < 1.29 is 19.1 Å². The van der Waals surface area contributed by atoms with E-state index in [1.807, 2.05) is 67.9 Å². The Morgan fingerprint density at radius 1 is 1.00 bits per heavy atom. The highest BCUT2D eigenvalue weighted by Crippen LogP contribution is 2.25. The van der Waals surface area contributed by atoms with Gasteiger partial charge in [-0.3, -0.25) is 9.59 Å². The van der Waals surface area contributed by atoms with Gasteiger partial charge in [-0.2, -0.15) is 0 Å². The Hall–Kier alpha value is -3.29. The fourth-order valence-electron chi connectivity index (χ4n) is 3.67. The number of likely N-dealkylation sites (tertiary alicyclic amines) is 1. The largest absolute Gasteiger partial charge is 0.444 e. The van der Waals surface area contributed by atoms with Crippen LogP contribution in [-0.2, 0) is 16.1 Å². The molecule has 32 heavy (non-hydrogen) atoms. The van der Waals surface area contributed by atoms with Crippen LogP contribution in [0.5, 0.6) is 0 Å². The first-order valence-electron chi connectivity index (χ1n) is 11.0. The summed E-state index contributed by atoms with van der Waals surface area (Å²) in [6.07, 6.45) is 3.03. The molecule has 1 aliphatic rings. The van der Waals surface area contributed by atoms with Gasteiger partial charge in [-0.25, -0.2) is 4.79 Å². The van der Waals surface area contributed by atoms with Gasteiger partial charge in [0.25, 0.3) is 5.91 Å². The summed E-state index contributed by atoms with van der Waals surface area (Å²) in [6, 6.07) is 13.3. The average Bonchev–Trinajstić information content (AvgIpc) is 3.26. The predicted molar refractivity (Wildman–Crippen MR) is 121 cm³/mol. The van der Waals surface area contributed by atoms with Gasteiger partial charge in [-0.1, -0.05) is 30.3 Å². The van der Waals surface area contributed by atoms with Gasteiger partial charge >= 0.3 is 6.09 Å². The number of hydrogen-bond acceptors (Lipinski definition) is 4. The Morgan fingerprint density at radius 3 is 2.34 bits per heavy atom. The average molecular weight is 441 g/mol. The van der Waals surface area contributed by atoms with E-state index >= 15 is 0 Å². The van der Waals surface area contributed by atoms with Crippen LogP contribution in [0.2, 0.25) is 0 Å². The third-order valence-electron chi connectivity index (χ3n) is 5.26. The van der Waals surface area contributed by atoms with Gasteiger partial charge in [-0.05, 0) is 51.3 Å². The van der Waals surface area contributed by atoms with Crippen molar-refractivity contribution in [2.24, 2.45) is 0 Å². The summed E-state index contributed by atoms with van der Waals surface area (Å²) in [5, 5.41) is 5.50. The zero-order chi connectivity index (χ0) is 23.1. The number of ether oxygens (including phenoxy) is 1. The number of carbonyl (C=O) groups excluding carboxylic acids is 3. The molecule has 1 fully saturated rings.